The number of hydrogen-bond donors (Lipinski definition) is 2. The lowest BCUT2D eigenvalue weighted by Crippen LogP contribution is -2.45. The third kappa shape index (κ3) is 4.31. The van der Waals surface area contributed by atoms with Crippen molar-refractivity contribution < 1.29 is 10.2 Å². The van der Waals surface area contributed by atoms with Crippen LogP contribution in [0.3, 0.4) is 0 Å². The van der Waals surface area contributed by atoms with Gasteiger partial charge in [-0.2, -0.15) is 0 Å². The maximum atomic E-state index is 13.4. The van der Waals surface area contributed by atoms with E-state index in [0.717, 1.165) is 69.8 Å². The zero-order valence-corrected chi connectivity index (χ0v) is 18.1. The van der Waals surface area contributed by atoms with Crippen molar-refractivity contribution in [2.24, 2.45) is 4.99 Å². The van der Waals surface area contributed by atoms with E-state index >= 15 is 0 Å². The number of hydrogen-bond acceptors (Lipinski definition) is 5. The third-order valence-electron chi connectivity index (χ3n) is 6.67. The summed E-state index contributed by atoms with van der Waals surface area (Å²) in [5, 5.41) is 21.1. The van der Waals surface area contributed by atoms with Gasteiger partial charge in [-0.15, -0.1) is 0 Å². The molecule has 2 aliphatic rings. The van der Waals surface area contributed by atoms with Crippen molar-refractivity contribution in [2.75, 3.05) is 0 Å². The van der Waals surface area contributed by atoms with Gasteiger partial charge >= 0.3 is 5.69 Å². The van der Waals surface area contributed by atoms with E-state index in [1.54, 1.807) is 18.2 Å². The summed E-state index contributed by atoms with van der Waals surface area (Å²) >= 11 is 0. The minimum absolute atomic E-state index is 0.00505. The monoisotopic (exact) mass is 425 g/mol. The summed E-state index contributed by atoms with van der Waals surface area (Å²) in [5.41, 5.74) is 0.338. The van der Waals surface area contributed by atoms with Gasteiger partial charge in [0.05, 0.1) is 0 Å². The SMILES string of the molecule is Cc1ccc(O)c(N=Cc2c(O)n(C3CCCCC3)c(=O)n(C3CCCCC3)c2=O)c1. The Kier molecular flexibility index (Phi) is 6.30. The molecule has 0 bridgehead atoms. The third-order valence-corrected chi connectivity index (χ3v) is 6.67. The van der Waals surface area contributed by atoms with E-state index in [2.05, 4.69) is 4.99 Å². The predicted octanol–water partition coefficient (Wildman–Crippen LogP) is 4.49. The van der Waals surface area contributed by atoms with Gasteiger partial charge < -0.3 is 10.2 Å². The fourth-order valence-corrected chi connectivity index (χ4v) is 4.96. The van der Waals surface area contributed by atoms with Crippen molar-refractivity contribution in [3.05, 3.63) is 50.2 Å². The molecule has 7 nitrogen and oxygen atoms in total. The molecule has 0 radical (unpaired) electrons. The Hall–Kier alpha value is -2.83. The molecule has 1 aromatic carbocycles. The van der Waals surface area contributed by atoms with Gasteiger partial charge in [0.25, 0.3) is 5.56 Å². The highest BCUT2D eigenvalue weighted by Gasteiger charge is 2.28. The van der Waals surface area contributed by atoms with Crippen LogP contribution in [0.5, 0.6) is 11.6 Å². The molecule has 0 aliphatic heterocycles. The van der Waals surface area contributed by atoms with Gasteiger partial charge in [-0.1, -0.05) is 44.6 Å². The highest BCUT2D eigenvalue weighted by atomic mass is 16.3. The second-order valence-corrected chi connectivity index (χ2v) is 8.90. The van der Waals surface area contributed by atoms with E-state index in [4.69, 9.17) is 0 Å². The first-order valence-corrected chi connectivity index (χ1v) is 11.4. The summed E-state index contributed by atoms with van der Waals surface area (Å²) in [4.78, 5) is 31.1. The Bertz CT molecular complexity index is 1090. The molecule has 2 fully saturated rings. The van der Waals surface area contributed by atoms with Gasteiger partial charge in [-0.05, 0) is 50.3 Å². The Morgan fingerprint density at radius 3 is 2.10 bits per heavy atom. The molecular weight excluding hydrogens is 394 g/mol. The minimum Gasteiger partial charge on any atom is -0.506 e. The van der Waals surface area contributed by atoms with Crippen LogP contribution in [0, 0.1) is 6.92 Å². The highest BCUT2D eigenvalue weighted by Crippen LogP contribution is 2.32. The molecule has 0 unspecified atom stereocenters. The summed E-state index contributed by atoms with van der Waals surface area (Å²) in [6.07, 6.45) is 10.7. The number of aliphatic imine (C=N–C) groups is 1. The van der Waals surface area contributed by atoms with Crippen LogP contribution in [0.25, 0.3) is 0 Å². The summed E-state index contributed by atoms with van der Waals surface area (Å²) < 4.78 is 2.78. The average Bonchev–Trinajstić information content (AvgIpc) is 2.77. The van der Waals surface area contributed by atoms with Crippen molar-refractivity contribution in [2.45, 2.75) is 83.2 Å². The number of aryl methyl sites for hydroxylation is 1. The highest BCUT2D eigenvalue weighted by molar-refractivity contribution is 5.84. The average molecular weight is 426 g/mol. The zero-order chi connectivity index (χ0) is 22.0. The molecule has 4 rings (SSSR count). The summed E-state index contributed by atoms with van der Waals surface area (Å²) in [6.45, 7) is 1.88. The quantitative estimate of drug-likeness (QED) is 0.705. The molecule has 0 atom stereocenters. The smallest absolute Gasteiger partial charge is 0.334 e. The van der Waals surface area contributed by atoms with Gasteiger partial charge in [0.2, 0.25) is 5.88 Å². The van der Waals surface area contributed by atoms with E-state index in [1.165, 1.54) is 15.3 Å². The maximum Gasteiger partial charge on any atom is 0.334 e. The van der Waals surface area contributed by atoms with E-state index in [9.17, 15) is 19.8 Å². The standard InChI is InChI=1S/C24H31N3O4/c1-16-12-13-21(28)20(14-16)25-15-19-22(29)26(17-8-4-2-5-9-17)24(31)27(23(19)30)18-10-6-3-7-11-18/h12-15,17-18,28-29H,2-11H2,1H3. The molecule has 2 saturated carbocycles. The Balaban J connectivity index is 1.86. The van der Waals surface area contributed by atoms with Crippen LogP contribution in [0.15, 0.2) is 32.8 Å². The van der Waals surface area contributed by atoms with Crippen LogP contribution in [0.2, 0.25) is 0 Å². The molecule has 0 spiro atoms. The summed E-state index contributed by atoms with van der Waals surface area (Å²) in [7, 11) is 0. The molecule has 7 heteroatoms. The van der Waals surface area contributed by atoms with Crippen molar-refractivity contribution in [1.29, 1.82) is 0 Å². The number of nitrogens with zero attached hydrogens (tertiary/aromatic N) is 3. The molecule has 2 aliphatic carbocycles. The molecular formula is C24H31N3O4. The number of benzene rings is 1. The Morgan fingerprint density at radius 2 is 1.48 bits per heavy atom. The van der Waals surface area contributed by atoms with Crippen molar-refractivity contribution in [1.82, 2.24) is 9.13 Å². The van der Waals surface area contributed by atoms with Gasteiger partial charge in [-0.25, -0.2) is 4.79 Å². The lowest BCUT2D eigenvalue weighted by Gasteiger charge is -2.29. The van der Waals surface area contributed by atoms with Gasteiger partial charge in [0.15, 0.2) is 0 Å². The number of aromatic nitrogens is 2. The fourth-order valence-electron chi connectivity index (χ4n) is 4.96. The molecule has 2 aromatic rings. The van der Waals surface area contributed by atoms with Gasteiger partial charge in [-0.3, -0.25) is 18.9 Å². The first-order chi connectivity index (χ1) is 15.0. The van der Waals surface area contributed by atoms with Crippen molar-refractivity contribution in [3.8, 4) is 11.6 Å². The second-order valence-electron chi connectivity index (χ2n) is 8.90. The van der Waals surface area contributed by atoms with Crippen LogP contribution in [-0.2, 0) is 0 Å². The van der Waals surface area contributed by atoms with Crippen LogP contribution < -0.4 is 11.2 Å². The lowest BCUT2D eigenvalue weighted by atomic mass is 9.94. The Labute approximate surface area is 181 Å². The van der Waals surface area contributed by atoms with Crippen LogP contribution in [0.1, 0.15) is 87.4 Å². The van der Waals surface area contributed by atoms with E-state index in [0.29, 0.717) is 5.69 Å². The van der Waals surface area contributed by atoms with Gasteiger partial charge in [0, 0.05) is 18.3 Å². The number of phenols is 1. The number of rotatable bonds is 4. The van der Waals surface area contributed by atoms with E-state index in [-0.39, 0.29) is 29.3 Å². The maximum absolute atomic E-state index is 13.4. The van der Waals surface area contributed by atoms with Crippen LogP contribution >= 0.6 is 0 Å². The van der Waals surface area contributed by atoms with Crippen LogP contribution in [0.4, 0.5) is 5.69 Å². The largest absolute Gasteiger partial charge is 0.506 e. The zero-order valence-electron chi connectivity index (χ0n) is 18.1. The van der Waals surface area contributed by atoms with Crippen molar-refractivity contribution in [3.63, 3.8) is 0 Å². The van der Waals surface area contributed by atoms with Crippen LogP contribution in [-0.4, -0.2) is 25.6 Å². The minimum atomic E-state index is -0.502. The molecule has 2 N–H and O–H groups in total. The van der Waals surface area contributed by atoms with Crippen molar-refractivity contribution >= 4 is 11.9 Å². The van der Waals surface area contributed by atoms with E-state index in [1.807, 2.05) is 6.92 Å². The molecule has 0 saturated heterocycles. The second kappa shape index (κ2) is 9.12. The number of phenolic OH excluding ortho intramolecular Hbond substituents is 1. The normalized spacial score (nSPS) is 18.6. The predicted molar refractivity (Wildman–Crippen MR) is 121 cm³/mol. The first kappa shape index (κ1) is 21.4. The lowest BCUT2D eigenvalue weighted by molar-refractivity contribution is 0.271. The fraction of sp³-hybridized carbons (Fsp3) is 0.542. The summed E-state index contributed by atoms with van der Waals surface area (Å²) in [5.74, 6) is -0.320. The molecule has 1 aromatic heterocycles. The molecule has 1 heterocycles. The van der Waals surface area contributed by atoms with Gasteiger partial charge in [0.1, 0.15) is 17.0 Å². The first-order valence-electron chi connectivity index (χ1n) is 11.4. The summed E-state index contributed by atoms with van der Waals surface area (Å²) in [6, 6.07) is 4.76. The molecule has 166 valence electrons. The Morgan fingerprint density at radius 1 is 0.903 bits per heavy atom. The topological polar surface area (TPSA) is 96.8 Å². The number of aromatic hydroxyl groups is 2. The molecule has 0 amide bonds. The molecule has 31 heavy (non-hydrogen) atoms. The van der Waals surface area contributed by atoms with E-state index < -0.39 is 11.2 Å².